The Bertz CT molecular complexity index is 733. The molecule has 0 atom stereocenters. The van der Waals surface area contributed by atoms with Gasteiger partial charge in [0, 0.05) is 29.4 Å². The molecule has 0 radical (unpaired) electrons. The van der Waals surface area contributed by atoms with E-state index >= 15 is 0 Å². The Hall–Kier alpha value is -1.53. The van der Waals surface area contributed by atoms with Crippen molar-refractivity contribution in [2.24, 2.45) is 0 Å². The molecule has 3 heterocycles. The number of hydrogen-bond acceptors (Lipinski definition) is 6. The molecule has 0 unspecified atom stereocenters. The van der Waals surface area contributed by atoms with Crippen LogP contribution in [-0.2, 0) is 19.3 Å². The molecule has 0 saturated carbocycles. The van der Waals surface area contributed by atoms with E-state index in [1.165, 1.54) is 40.1 Å². The Morgan fingerprint density at radius 2 is 2.20 bits per heavy atom. The number of thiazole rings is 1. The highest BCUT2D eigenvalue weighted by Gasteiger charge is 2.20. The number of hydrogen-bond donors (Lipinski definition) is 1. The van der Waals surface area contributed by atoms with Gasteiger partial charge in [0.2, 0.25) is 0 Å². The molecule has 0 aromatic carbocycles. The van der Waals surface area contributed by atoms with Gasteiger partial charge in [-0.25, -0.2) is 15.0 Å². The van der Waals surface area contributed by atoms with Gasteiger partial charge in [0.1, 0.15) is 17.0 Å². The minimum Gasteiger partial charge on any atom is -0.369 e. The molecule has 3 aromatic rings. The molecule has 20 heavy (non-hydrogen) atoms. The lowest BCUT2D eigenvalue weighted by Gasteiger charge is -2.06. The van der Waals surface area contributed by atoms with Gasteiger partial charge in [0.05, 0.1) is 10.4 Å². The summed E-state index contributed by atoms with van der Waals surface area (Å²) in [7, 11) is 0. The quantitative estimate of drug-likeness (QED) is 0.803. The van der Waals surface area contributed by atoms with E-state index in [0.29, 0.717) is 0 Å². The summed E-state index contributed by atoms with van der Waals surface area (Å²) in [5, 5.41) is 7.90. The first kappa shape index (κ1) is 12.2. The zero-order valence-electron chi connectivity index (χ0n) is 10.9. The number of rotatable bonds is 4. The minimum absolute atomic E-state index is 0.865. The largest absolute Gasteiger partial charge is 0.369 e. The summed E-state index contributed by atoms with van der Waals surface area (Å²) < 4.78 is 0. The molecule has 4 nitrogen and oxygen atoms in total. The molecule has 0 fully saturated rings. The maximum absolute atomic E-state index is 4.44. The Kier molecular flexibility index (Phi) is 3.12. The summed E-state index contributed by atoms with van der Waals surface area (Å²) >= 11 is 3.53. The van der Waals surface area contributed by atoms with Gasteiger partial charge in [-0.05, 0) is 24.8 Å². The summed E-state index contributed by atoms with van der Waals surface area (Å²) in [5.74, 6) is 0.992. The van der Waals surface area contributed by atoms with Crippen molar-refractivity contribution < 1.29 is 0 Å². The second-order valence-corrected chi connectivity index (χ2v) is 6.93. The smallest absolute Gasteiger partial charge is 0.138 e. The summed E-state index contributed by atoms with van der Waals surface area (Å²) in [6.45, 7) is 0.865. The predicted octanol–water partition coefficient (Wildman–Crippen LogP) is 3.29. The lowest BCUT2D eigenvalue weighted by Crippen LogP contribution is -2.07. The molecule has 3 aromatic heterocycles. The lowest BCUT2D eigenvalue weighted by molar-refractivity contribution is 0.916. The van der Waals surface area contributed by atoms with Crippen LogP contribution in [0.1, 0.15) is 21.9 Å². The molecule has 1 N–H and O–H groups in total. The lowest BCUT2D eigenvalue weighted by atomic mass is 10.2. The zero-order valence-corrected chi connectivity index (χ0v) is 12.6. The van der Waals surface area contributed by atoms with Gasteiger partial charge in [-0.1, -0.05) is 0 Å². The van der Waals surface area contributed by atoms with Crippen LogP contribution in [0.15, 0.2) is 17.9 Å². The molecule has 102 valence electrons. The first-order valence-electron chi connectivity index (χ1n) is 6.79. The number of aryl methyl sites for hydroxylation is 2. The van der Waals surface area contributed by atoms with E-state index in [2.05, 4.69) is 20.3 Å². The number of nitrogens with zero attached hydrogens (tertiary/aromatic N) is 3. The van der Waals surface area contributed by atoms with Crippen molar-refractivity contribution in [3.63, 3.8) is 0 Å². The molecular formula is C14H14N4S2. The van der Waals surface area contributed by atoms with Crippen LogP contribution < -0.4 is 5.32 Å². The molecule has 0 amide bonds. The Labute approximate surface area is 124 Å². The van der Waals surface area contributed by atoms with Gasteiger partial charge in [-0.3, -0.25) is 0 Å². The molecule has 0 aliphatic heterocycles. The molecule has 1 aliphatic carbocycles. The van der Waals surface area contributed by atoms with E-state index < -0.39 is 0 Å². The van der Waals surface area contributed by atoms with Crippen LogP contribution in [0.2, 0.25) is 0 Å². The third-order valence-electron chi connectivity index (χ3n) is 3.62. The number of nitrogens with one attached hydrogen (secondary N) is 1. The van der Waals surface area contributed by atoms with Crippen molar-refractivity contribution in [2.75, 3.05) is 11.9 Å². The average molecular weight is 302 g/mol. The highest BCUT2D eigenvalue weighted by atomic mass is 32.1. The average Bonchev–Trinajstić information content (AvgIpc) is 3.14. The second kappa shape index (κ2) is 5.10. The van der Waals surface area contributed by atoms with Crippen LogP contribution in [0.5, 0.6) is 0 Å². The monoisotopic (exact) mass is 302 g/mol. The van der Waals surface area contributed by atoms with Crippen LogP contribution in [0, 0.1) is 0 Å². The number of fused-ring (bicyclic) bond motifs is 3. The maximum atomic E-state index is 4.44. The van der Waals surface area contributed by atoms with Crippen LogP contribution in [0.3, 0.4) is 0 Å². The highest BCUT2D eigenvalue weighted by Crippen LogP contribution is 2.38. The van der Waals surface area contributed by atoms with Crippen LogP contribution >= 0.6 is 22.7 Å². The fourth-order valence-corrected chi connectivity index (χ4v) is 4.58. The number of aromatic nitrogens is 3. The van der Waals surface area contributed by atoms with E-state index in [1.54, 1.807) is 17.7 Å². The van der Waals surface area contributed by atoms with Gasteiger partial charge in [-0.2, -0.15) is 0 Å². The van der Waals surface area contributed by atoms with Crippen molar-refractivity contribution in [1.29, 1.82) is 0 Å². The first-order valence-corrected chi connectivity index (χ1v) is 8.49. The van der Waals surface area contributed by atoms with Crippen LogP contribution in [0.25, 0.3) is 10.2 Å². The molecule has 0 saturated heterocycles. The van der Waals surface area contributed by atoms with E-state index in [0.717, 1.165) is 23.6 Å². The summed E-state index contributed by atoms with van der Waals surface area (Å²) in [6.07, 6.45) is 8.10. The Morgan fingerprint density at radius 3 is 3.10 bits per heavy atom. The standard InChI is InChI=1S/C14H14N4S2/c1-2-9-10(3-1)20-14-12(9)13(17-8-18-14)16-5-4-11-15-6-7-19-11/h6-8H,1-5H2,(H,16,17,18). The highest BCUT2D eigenvalue weighted by molar-refractivity contribution is 7.19. The van der Waals surface area contributed by atoms with Crippen molar-refractivity contribution in [3.8, 4) is 0 Å². The van der Waals surface area contributed by atoms with E-state index in [4.69, 9.17) is 0 Å². The molecule has 4 rings (SSSR count). The Morgan fingerprint density at radius 1 is 1.20 bits per heavy atom. The summed E-state index contributed by atoms with van der Waals surface area (Å²) in [5.41, 5.74) is 1.47. The van der Waals surface area contributed by atoms with Crippen molar-refractivity contribution in [1.82, 2.24) is 15.0 Å². The van der Waals surface area contributed by atoms with Gasteiger partial charge < -0.3 is 5.32 Å². The fourth-order valence-electron chi connectivity index (χ4n) is 2.73. The summed E-state index contributed by atoms with van der Waals surface area (Å²) in [4.78, 5) is 15.8. The third-order valence-corrected chi connectivity index (χ3v) is 5.66. The fraction of sp³-hybridized carbons (Fsp3) is 0.357. The normalized spacial score (nSPS) is 13.8. The van der Waals surface area contributed by atoms with Gasteiger partial charge in [-0.15, -0.1) is 22.7 Å². The van der Waals surface area contributed by atoms with Crippen LogP contribution in [-0.4, -0.2) is 21.5 Å². The van der Waals surface area contributed by atoms with Gasteiger partial charge in [0.15, 0.2) is 0 Å². The van der Waals surface area contributed by atoms with Crippen molar-refractivity contribution in [3.05, 3.63) is 33.4 Å². The van der Waals surface area contributed by atoms with E-state index in [9.17, 15) is 0 Å². The maximum Gasteiger partial charge on any atom is 0.138 e. The first-order chi connectivity index (χ1) is 9.92. The SMILES string of the molecule is c1csc(CCNc2ncnc3sc4c(c23)CCC4)n1. The third kappa shape index (κ3) is 2.09. The predicted molar refractivity (Wildman–Crippen MR) is 83.7 cm³/mol. The minimum atomic E-state index is 0.865. The second-order valence-electron chi connectivity index (χ2n) is 4.86. The summed E-state index contributed by atoms with van der Waals surface area (Å²) in [6, 6.07) is 0. The molecule has 1 aliphatic rings. The topological polar surface area (TPSA) is 50.7 Å². The van der Waals surface area contributed by atoms with Gasteiger partial charge >= 0.3 is 0 Å². The van der Waals surface area contributed by atoms with Gasteiger partial charge in [0.25, 0.3) is 0 Å². The molecular weight excluding hydrogens is 288 g/mol. The van der Waals surface area contributed by atoms with E-state index in [1.807, 2.05) is 22.9 Å². The number of anilines is 1. The van der Waals surface area contributed by atoms with Crippen molar-refractivity contribution in [2.45, 2.75) is 25.7 Å². The number of thiophene rings is 1. The zero-order chi connectivity index (χ0) is 13.4. The molecule has 6 heteroatoms. The Balaban J connectivity index is 1.59. The molecule has 0 spiro atoms. The van der Waals surface area contributed by atoms with E-state index in [-0.39, 0.29) is 0 Å². The van der Waals surface area contributed by atoms with Crippen molar-refractivity contribution >= 4 is 38.7 Å². The van der Waals surface area contributed by atoms with Crippen LogP contribution in [0.4, 0.5) is 5.82 Å². The molecule has 0 bridgehead atoms.